The van der Waals surface area contributed by atoms with Crippen LogP contribution in [0.1, 0.15) is 24.8 Å². The molecule has 134 valence electrons. The van der Waals surface area contributed by atoms with Gasteiger partial charge in [-0.25, -0.2) is 9.37 Å². The smallest absolute Gasteiger partial charge is 0.167 e. The van der Waals surface area contributed by atoms with Gasteiger partial charge >= 0.3 is 0 Å². The zero-order chi connectivity index (χ0) is 18.5. The van der Waals surface area contributed by atoms with E-state index in [2.05, 4.69) is 15.6 Å². The normalized spacial score (nSPS) is 14.3. The highest BCUT2D eigenvalue weighted by molar-refractivity contribution is 7.81. The van der Waals surface area contributed by atoms with E-state index in [-0.39, 0.29) is 11.6 Å². The molecule has 0 saturated carbocycles. The van der Waals surface area contributed by atoms with E-state index < -0.39 is 0 Å². The van der Waals surface area contributed by atoms with Crippen LogP contribution in [-0.2, 0) is 11.3 Å². The Labute approximate surface area is 156 Å². The number of benzene rings is 1. The molecule has 4 N–H and O–H groups in total. The monoisotopic (exact) mass is 370 g/mol. The van der Waals surface area contributed by atoms with Crippen molar-refractivity contribution in [2.75, 3.05) is 11.1 Å². The van der Waals surface area contributed by atoms with Gasteiger partial charge in [0.05, 0.1) is 5.57 Å². The number of carbonyl (C=O) groups is 1. The topological polar surface area (TPSA) is 80.0 Å². The first kappa shape index (κ1) is 18.0. The highest BCUT2D eigenvalue weighted by Crippen LogP contribution is 2.23. The van der Waals surface area contributed by atoms with E-state index in [0.717, 1.165) is 24.1 Å². The van der Waals surface area contributed by atoms with Gasteiger partial charge < -0.3 is 16.4 Å². The van der Waals surface area contributed by atoms with Crippen LogP contribution in [0.2, 0.25) is 0 Å². The number of aromatic nitrogens is 1. The Kier molecular flexibility index (Phi) is 5.58. The number of Topliss-reactive ketones (excluding diaryl/α,β-unsaturated/α-hetero) is 1. The van der Waals surface area contributed by atoms with E-state index in [0.29, 0.717) is 35.0 Å². The second-order valence-electron chi connectivity index (χ2n) is 6.03. The van der Waals surface area contributed by atoms with Crippen molar-refractivity contribution in [3.8, 4) is 0 Å². The number of hydrogen-bond acceptors (Lipinski definition) is 5. The van der Waals surface area contributed by atoms with Crippen LogP contribution >= 0.6 is 12.2 Å². The molecule has 2 aromatic rings. The molecule has 0 amide bonds. The first-order chi connectivity index (χ1) is 12.5. The number of rotatable bonds is 5. The predicted octanol–water partition coefficient (Wildman–Crippen LogP) is 3.34. The van der Waals surface area contributed by atoms with Crippen molar-refractivity contribution >= 4 is 34.5 Å². The van der Waals surface area contributed by atoms with Crippen LogP contribution in [0.3, 0.4) is 0 Å². The second-order valence-corrected chi connectivity index (χ2v) is 6.44. The molecular formula is C19H19FN4OS. The summed E-state index contributed by atoms with van der Waals surface area (Å²) in [6, 6.07) is 9.50. The maximum absolute atomic E-state index is 13.0. The molecule has 5 nitrogen and oxygen atoms in total. The summed E-state index contributed by atoms with van der Waals surface area (Å²) in [6.07, 6.45) is 3.64. The number of allylic oxidation sites excluding steroid dienone is 1. The second kappa shape index (κ2) is 8.05. The molecule has 1 heterocycles. The molecule has 1 aromatic carbocycles. The van der Waals surface area contributed by atoms with Gasteiger partial charge in [0.25, 0.3) is 0 Å². The van der Waals surface area contributed by atoms with Crippen molar-refractivity contribution in [1.29, 1.82) is 0 Å². The van der Waals surface area contributed by atoms with E-state index in [1.54, 1.807) is 24.4 Å². The van der Waals surface area contributed by atoms with Crippen molar-refractivity contribution in [3.05, 3.63) is 65.2 Å². The van der Waals surface area contributed by atoms with Crippen LogP contribution < -0.4 is 16.4 Å². The fourth-order valence-electron chi connectivity index (χ4n) is 2.82. The number of nitrogens with one attached hydrogen (secondary N) is 2. The van der Waals surface area contributed by atoms with E-state index in [1.807, 2.05) is 6.07 Å². The van der Waals surface area contributed by atoms with Crippen LogP contribution in [0.15, 0.2) is 53.9 Å². The molecule has 1 aliphatic rings. The van der Waals surface area contributed by atoms with Gasteiger partial charge in [-0.3, -0.25) is 4.79 Å². The third-order valence-electron chi connectivity index (χ3n) is 4.09. The van der Waals surface area contributed by atoms with Gasteiger partial charge in [0.1, 0.15) is 16.6 Å². The number of ketones is 1. The summed E-state index contributed by atoms with van der Waals surface area (Å²) < 4.78 is 13.0. The lowest BCUT2D eigenvalue weighted by Gasteiger charge is -2.22. The Bertz CT molecular complexity index is 864. The number of nitrogens with two attached hydrogens (primary N) is 1. The van der Waals surface area contributed by atoms with Gasteiger partial charge in [-0.05, 0) is 54.8 Å². The molecular weight excluding hydrogens is 351 g/mol. The molecule has 26 heavy (non-hydrogen) atoms. The molecule has 0 unspecified atom stereocenters. The number of carbonyl (C=O) groups excluding carboxylic acids is 1. The predicted molar refractivity (Wildman–Crippen MR) is 104 cm³/mol. The van der Waals surface area contributed by atoms with Gasteiger partial charge in [0.15, 0.2) is 5.78 Å². The van der Waals surface area contributed by atoms with Gasteiger partial charge in [-0.1, -0.05) is 12.2 Å². The SMILES string of the molecule is Nc1cc(CNC2=C(C(=S)Nc3ccc(F)cc3)C(=O)CCC2)ccn1. The number of pyridine rings is 1. The highest BCUT2D eigenvalue weighted by Gasteiger charge is 2.24. The lowest BCUT2D eigenvalue weighted by molar-refractivity contribution is -0.115. The Morgan fingerprint density at radius 2 is 2.00 bits per heavy atom. The number of nitrogen functional groups attached to an aromatic ring is 1. The third kappa shape index (κ3) is 4.43. The number of halogens is 1. The maximum atomic E-state index is 13.0. The van der Waals surface area contributed by atoms with Gasteiger partial charge in [0.2, 0.25) is 0 Å². The molecule has 0 aliphatic heterocycles. The zero-order valence-electron chi connectivity index (χ0n) is 14.1. The zero-order valence-corrected chi connectivity index (χ0v) is 14.9. The summed E-state index contributed by atoms with van der Waals surface area (Å²) >= 11 is 5.44. The van der Waals surface area contributed by atoms with E-state index in [4.69, 9.17) is 18.0 Å². The maximum Gasteiger partial charge on any atom is 0.167 e. The van der Waals surface area contributed by atoms with E-state index in [1.165, 1.54) is 12.1 Å². The standard InChI is InChI=1S/C19H19FN4OS/c20-13-4-6-14(7-5-13)24-19(26)18-15(2-1-3-16(18)25)23-11-12-8-9-22-17(21)10-12/h4-10,23H,1-3,11H2,(H2,21,22)(H,24,26). The Balaban J connectivity index is 1.78. The van der Waals surface area contributed by atoms with Crippen LogP contribution in [0.4, 0.5) is 15.9 Å². The fraction of sp³-hybridized carbons (Fsp3) is 0.211. The number of nitrogens with zero attached hydrogens (tertiary/aromatic N) is 1. The summed E-state index contributed by atoms with van der Waals surface area (Å²) in [7, 11) is 0. The molecule has 7 heteroatoms. The molecule has 0 fully saturated rings. The van der Waals surface area contributed by atoms with Crippen LogP contribution in [0.25, 0.3) is 0 Å². The van der Waals surface area contributed by atoms with Crippen molar-refractivity contribution in [1.82, 2.24) is 10.3 Å². The molecule has 0 spiro atoms. The van der Waals surface area contributed by atoms with Gasteiger partial charge in [-0.2, -0.15) is 0 Å². The lowest BCUT2D eigenvalue weighted by Crippen LogP contribution is -2.28. The first-order valence-corrected chi connectivity index (χ1v) is 8.71. The van der Waals surface area contributed by atoms with Crippen molar-refractivity contribution < 1.29 is 9.18 Å². The van der Waals surface area contributed by atoms with Gasteiger partial charge in [0, 0.05) is 30.5 Å². The molecule has 3 rings (SSSR count). The average molecular weight is 370 g/mol. The Morgan fingerprint density at radius 3 is 2.73 bits per heavy atom. The fourth-order valence-corrected chi connectivity index (χ4v) is 3.18. The minimum absolute atomic E-state index is 0.00704. The first-order valence-electron chi connectivity index (χ1n) is 8.30. The molecule has 0 saturated heterocycles. The van der Waals surface area contributed by atoms with Crippen LogP contribution in [0.5, 0.6) is 0 Å². The summed E-state index contributed by atoms with van der Waals surface area (Å²) in [5, 5.41) is 6.33. The quantitative estimate of drug-likeness (QED) is 0.701. The lowest BCUT2D eigenvalue weighted by atomic mass is 9.94. The molecule has 0 atom stereocenters. The largest absolute Gasteiger partial charge is 0.384 e. The number of anilines is 2. The summed E-state index contributed by atoms with van der Waals surface area (Å²) in [6.45, 7) is 0.526. The Morgan fingerprint density at radius 1 is 1.23 bits per heavy atom. The van der Waals surface area contributed by atoms with E-state index >= 15 is 0 Å². The number of thiocarbonyl (C=S) groups is 1. The van der Waals surface area contributed by atoms with E-state index in [9.17, 15) is 9.18 Å². The van der Waals surface area contributed by atoms with Crippen LogP contribution in [-0.4, -0.2) is 15.8 Å². The number of hydrogen-bond donors (Lipinski definition) is 3. The molecule has 0 bridgehead atoms. The summed E-state index contributed by atoms with van der Waals surface area (Å²) in [5.41, 5.74) is 8.63. The molecule has 1 aromatic heterocycles. The van der Waals surface area contributed by atoms with Crippen molar-refractivity contribution in [2.45, 2.75) is 25.8 Å². The summed E-state index contributed by atoms with van der Waals surface area (Å²) in [5.74, 6) is 0.132. The van der Waals surface area contributed by atoms with Crippen molar-refractivity contribution in [2.24, 2.45) is 0 Å². The molecule has 1 aliphatic carbocycles. The van der Waals surface area contributed by atoms with Crippen molar-refractivity contribution in [3.63, 3.8) is 0 Å². The highest BCUT2D eigenvalue weighted by atomic mass is 32.1. The minimum Gasteiger partial charge on any atom is -0.384 e. The third-order valence-corrected chi connectivity index (χ3v) is 4.40. The minimum atomic E-state index is -0.326. The van der Waals surface area contributed by atoms with Crippen LogP contribution in [0, 0.1) is 5.82 Å². The Hall–Kier alpha value is -2.80. The average Bonchev–Trinajstić information content (AvgIpc) is 2.62. The van der Waals surface area contributed by atoms with Gasteiger partial charge in [-0.15, -0.1) is 0 Å². The molecule has 0 radical (unpaired) electrons. The summed E-state index contributed by atoms with van der Waals surface area (Å²) in [4.78, 5) is 16.8.